The number of amides is 1. The molecule has 4 rings (SSSR count). The number of aryl methyl sites for hydroxylation is 1. The van der Waals surface area contributed by atoms with E-state index in [1.165, 1.54) is 23.4 Å². The van der Waals surface area contributed by atoms with E-state index in [0.717, 1.165) is 25.1 Å². The number of ketones is 1. The normalized spacial score (nSPS) is 12.4. The molecule has 0 fully saturated rings. The maximum Gasteiger partial charge on any atom is 0.283 e. The van der Waals surface area contributed by atoms with E-state index >= 15 is 0 Å². The Morgan fingerprint density at radius 1 is 1.06 bits per heavy atom. The predicted molar refractivity (Wildman–Crippen MR) is 126 cm³/mol. The van der Waals surface area contributed by atoms with E-state index in [9.17, 15) is 19.7 Å². The summed E-state index contributed by atoms with van der Waals surface area (Å²) in [5.41, 5.74) is 3.26. The number of fused-ring (bicyclic) bond motifs is 1. The molecule has 3 aromatic rings. The van der Waals surface area contributed by atoms with Crippen molar-refractivity contribution in [3.8, 4) is 0 Å². The zero-order valence-corrected chi connectivity index (χ0v) is 18.2. The van der Waals surface area contributed by atoms with Gasteiger partial charge < -0.3 is 10.6 Å². The zero-order valence-electron chi connectivity index (χ0n) is 17.4. The number of rotatable bonds is 6. The average Bonchev–Trinajstić information content (AvgIpc) is 2.83. The number of benzene rings is 3. The predicted octanol–water partition coefficient (Wildman–Crippen LogP) is 5.16. The van der Waals surface area contributed by atoms with Crippen LogP contribution in [0.1, 0.15) is 38.3 Å². The van der Waals surface area contributed by atoms with E-state index in [0.29, 0.717) is 10.6 Å². The van der Waals surface area contributed by atoms with Gasteiger partial charge in [-0.25, -0.2) is 0 Å². The van der Waals surface area contributed by atoms with Crippen molar-refractivity contribution >= 4 is 40.5 Å². The van der Waals surface area contributed by atoms with Gasteiger partial charge in [0.1, 0.15) is 0 Å². The molecule has 0 bridgehead atoms. The fourth-order valence-electron chi connectivity index (χ4n) is 3.75. The van der Waals surface area contributed by atoms with Gasteiger partial charge in [0.25, 0.3) is 11.6 Å². The number of hydrogen-bond acceptors (Lipinski definition) is 6. The molecule has 2 N–H and O–H groups in total. The Kier molecular flexibility index (Phi) is 6.23. The highest BCUT2D eigenvalue weighted by Crippen LogP contribution is 2.30. The Labute approximate surface area is 189 Å². The number of carbonyl (C=O) groups excluding carboxylic acids is 2. The van der Waals surface area contributed by atoms with Crippen LogP contribution in [0.2, 0.25) is 0 Å². The maximum atomic E-state index is 13.2. The molecule has 0 spiro atoms. The molecule has 3 aromatic carbocycles. The van der Waals surface area contributed by atoms with Gasteiger partial charge in [-0.3, -0.25) is 19.7 Å². The fourth-order valence-corrected chi connectivity index (χ4v) is 4.29. The Hall–Kier alpha value is -3.65. The van der Waals surface area contributed by atoms with Crippen molar-refractivity contribution < 1.29 is 14.5 Å². The van der Waals surface area contributed by atoms with Crippen molar-refractivity contribution in [1.29, 1.82) is 0 Å². The first-order valence-electron chi connectivity index (χ1n) is 10.1. The molecular weight excluding hydrogens is 426 g/mol. The van der Waals surface area contributed by atoms with Gasteiger partial charge in [-0.15, -0.1) is 11.8 Å². The van der Waals surface area contributed by atoms with E-state index in [2.05, 4.69) is 10.6 Å². The van der Waals surface area contributed by atoms with Crippen molar-refractivity contribution in [3.05, 3.63) is 93.0 Å². The van der Waals surface area contributed by atoms with Gasteiger partial charge in [0.2, 0.25) is 0 Å². The van der Waals surface area contributed by atoms with Crippen LogP contribution in [0.25, 0.3) is 0 Å². The number of thioether (sulfide) groups is 1. The number of hydrogen-bond donors (Lipinski definition) is 2. The summed E-state index contributed by atoms with van der Waals surface area (Å²) >= 11 is 1.24. The van der Waals surface area contributed by atoms with Crippen LogP contribution in [0.3, 0.4) is 0 Å². The van der Waals surface area contributed by atoms with Gasteiger partial charge in [0.05, 0.1) is 15.4 Å². The van der Waals surface area contributed by atoms with Crippen LogP contribution in [0.5, 0.6) is 0 Å². The summed E-state index contributed by atoms with van der Waals surface area (Å²) in [4.78, 5) is 37.5. The molecule has 8 heteroatoms. The largest absolute Gasteiger partial charge is 0.385 e. The van der Waals surface area contributed by atoms with E-state index in [-0.39, 0.29) is 22.4 Å². The topological polar surface area (TPSA) is 101 Å². The van der Waals surface area contributed by atoms with Crippen molar-refractivity contribution in [3.63, 3.8) is 0 Å². The summed E-state index contributed by atoms with van der Waals surface area (Å²) in [6.07, 6.45) is 3.80. The van der Waals surface area contributed by atoms with E-state index in [4.69, 9.17) is 0 Å². The second-order valence-corrected chi connectivity index (χ2v) is 8.22. The van der Waals surface area contributed by atoms with E-state index in [1.54, 1.807) is 42.7 Å². The second-order valence-electron chi connectivity index (χ2n) is 7.37. The van der Waals surface area contributed by atoms with Crippen LogP contribution >= 0.6 is 11.8 Å². The summed E-state index contributed by atoms with van der Waals surface area (Å²) in [7, 11) is 0. The van der Waals surface area contributed by atoms with Gasteiger partial charge in [0, 0.05) is 35.1 Å². The SMILES string of the molecule is CSc1ccc(C(=O)c2ccccc2C(=O)Nc2ccc3c(c2)NCCC3)cc1[N+](=O)[O-]. The molecule has 1 heterocycles. The molecule has 162 valence electrons. The number of anilines is 2. The molecule has 1 aliphatic rings. The molecule has 0 saturated heterocycles. The van der Waals surface area contributed by atoms with Gasteiger partial charge in [0.15, 0.2) is 5.78 Å². The molecule has 0 unspecified atom stereocenters. The Morgan fingerprint density at radius 2 is 1.84 bits per heavy atom. The average molecular weight is 448 g/mol. The first-order chi connectivity index (χ1) is 15.5. The van der Waals surface area contributed by atoms with E-state index in [1.807, 2.05) is 18.2 Å². The summed E-state index contributed by atoms with van der Waals surface area (Å²) < 4.78 is 0. The molecule has 0 atom stereocenters. The van der Waals surface area contributed by atoms with Gasteiger partial charge in [-0.2, -0.15) is 0 Å². The number of nitrogens with zero attached hydrogens (tertiary/aromatic N) is 1. The summed E-state index contributed by atoms with van der Waals surface area (Å²) in [5.74, 6) is -0.862. The lowest BCUT2D eigenvalue weighted by Crippen LogP contribution is -2.18. The third kappa shape index (κ3) is 4.36. The molecule has 32 heavy (non-hydrogen) atoms. The summed E-state index contributed by atoms with van der Waals surface area (Å²) in [5, 5.41) is 17.6. The minimum atomic E-state index is -0.509. The van der Waals surface area contributed by atoms with Crippen LogP contribution in [0.15, 0.2) is 65.6 Å². The molecule has 1 aliphatic heterocycles. The number of nitrogens with one attached hydrogen (secondary N) is 2. The van der Waals surface area contributed by atoms with Crippen molar-refractivity contribution in [2.45, 2.75) is 17.7 Å². The van der Waals surface area contributed by atoms with Gasteiger partial charge in [-0.1, -0.05) is 24.3 Å². The van der Waals surface area contributed by atoms with Crippen LogP contribution in [0, 0.1) is 10.1 Å². The number of nitro benzene ring substituents is 1. The molecule has 0 saturated carbocycles. The standard InChI is InChI=1S/C24H21N3O4S/c1-32-22-11-9-16(13-21(22)27(30)31)23(28)18-6-2-3-7-19(18)24(29)26-17-10-8-15-5-4-12-25-20(15)14-17/h2-3,6-11,13-14,25H,4-5,12H2,1H3,(H,26,29). The van der Waals surface area contributed by atoms with E-state index < -0.39 is 16.6 Å². The highest BCUT2D eigenvalue weighted by molar-refractivity contribution is 7.98. The number of carbonyl (C=O) groups is 2. The van der Waals surface area contributed by atoms with Crippen molar-refractivity contribution in [2.24, 2.45) is 0 Å². The van der Waals surface area contributed by atoms with Crippen LogP contribution in [-0.2, 0) is 6.42 Å². The summed E-state index contributed by atoms with van der Waals surface area (Å²) in [6, 6.07) is 16.6. The van der Waals surface area contributed by atoms with Gasteiger partial charge >= 0.3 is 0 Å². The third-order valence-corrected chi connectivity index (χ3v) is 6.15. The lowest BCUT2D eigenvalue weighted by molar-refractivity contribution is -0.387. The molecule has 0 aromatic heterocycles. The highest BCUT2D eigenvalue weighted by Gasteiger charge is 2.22. The lowest BCUT2D eigenvalue weighted by Gasteiger charge is -2.19. The first kappa shape index (κ1) is 21.6. The lowest BCUT2D eigenvalue weighted by atomic mass is 9.97. The van der Waals surface area contributed by atoms with Crippen LogP contribution < -0.4 is 10.6 Å². The highest BCUT2D eigenvalue weighted by atomic mass is 32.2. The zero-order chi connectivity index (χ0) is 22.7. The Balaban J connectivity index is 1.63. The minimum absolute atomic E-state index is 0.133. The fraction of sp³-hybridized carbons (Fsp3) is 0.167. The van der Waals surface area contributed by atoms with Crippen LogP contribution in [-0.4, -0.2) is 29.4 Å². The first-order valence-corrected chi connectivity index (χ1v) is 11.3. The van der Waals surface area contributed by atoms with Crippen molar-refractivity contribution in [2.75, 3.05) is 23.4 Å². The van der Waals surface area contributed by atoms with Crippen molar-refractivity contribution in [1.82, 2.24) is 0 Å². The minimum Gasteiger partial charge on any atom is -0.385 e. The molecule has 1 amide bonds. The molecule has 0 aliphatic carbocycles. The third-order valence-electron chi connectivity index (χ3n) is 5.36. The monoisotopic (exact) mass is 447 g/mol. The summed E-state index contributed by atoms with van der Waals surface area (Å²) in [6.45, 7) is 0.892. The molecular formula is C24H21N3O4S. The Bertz CT molecular complexity index is 1230. The number of nitro groups is 1. The second kappa shape index (κ2) is 9.23. The molecule has 0 radical (unpaired) electrons. The quantitative estimate of drug-likeness (QED) is 0.234. The smallest absolute Gasteiger partial charge is 0.283 e. The van der Waals surface area contributed by atoms with Crippen LogP contribution in [0.4, 0.5) is 17.1 Å². The Morgan fingerprint density at radius 3 is 2.59 bits per heavy atom. The van der Waals surface area contributed by atoms with Gasteiger partial charge in [-0.05, 0) is 55.0 Å². The maximum absolute atomic E-state index is 13.2. The molecule has 7 nitrogen and oxygen atoms in total.